The lowest BCUT2D eigenvalue weighted by Crippen LogP contribution is -2.37. The van der Waals surface area contributed by atoms with E-state index < -0.39 is 0 Å². The number of rotatable bonds is 0. The first-order valence-corrected chi connectivity index (χ1v) is 4.75. The Morgan fingerprint density at radius 2 is 1.92 bits per heavy atom. The Kier molecular flexibility index (Phi) is 1.35. The fraction of sp³-hybridized carbons (Fsp3) is 0.364. The predicted molar refractivity (Wildman–Crippen MR) is 49.7 cm³/mol. The lowest BCUT2D eigenvalue weighted by atomic mass is 9.94. The van der Waals surface area contributed by atoms with E-state index in [4.69, 9.17) is 0 Å². The van der Waals surface area contributed by atoms with Gasteiger partial charge in [-0.3, -0.25) is 4.79 Å². The van der Waals surface area contributed by atoms with Crippen LogP contribution in [0.5, 0.6) is 0 Å². The van der Waals surface area contributed by atoms with Crippen LogP contribution in [-0.4, -0.2) is 11.8 Å². The molecule has 2 nitrogen and oxygen atoms in total. The summed E-state index contributed by atoms with van der Waals surface area (Å²) in [5.41, 5.74) is 2.13. The smallest absolute Gasteiger partial charge is 0.180 e. The molecule has 3 rings (SSSR count). The van der Waals surface area contributed by atoms with Gasteiger partial charge in [0, 0.05) is 11.6 Å². The molecule has 0 aromatic heterocycles. The highest BCUT2D eigenvalue weighted by Crippen LogP contribution is 2.35. The third-order valence-electron chi connectivity index (χ3n) is 3.06. The van der Waals surface area contributed by atoms with Crippen LogP contribution in [0.1, 0.15) is 34.8 Å². The number of hydrogen-bond acceptors (Lipinski definition) is 2. The van der Waals surface area contributed by atoms with E-state index >= 15 is 0 Å². The summed E-state index contributed by atoms with van der Waals surface area (Å²) in [7, 11) is 0. The molecule has 2 heteroatoms. The molecule has 1 aromatic carbocycles. The Balaban J connectivity index is 2.22. The van der Waals surface area contributed by atoms with Crippen LogP contribution in [0, 0.1) is 0 Å². The van der Waals surface area contributed by atoms with Gasteiger partial charge >= 0.3 is 0 Å². The summed E-state index contributed by atoms with van der Waals surface area (Å²) < 4.78 is 0. The monoisotopic (exact) mass is 173 g/mol. The van der Waals surface area contributed by atoms with E-state index in [2.05, 4.69) is 11.4 Å². The number of Topliss-reactive ketones (excluding diaryl/α,β-unsaturated/α-hetero) is 1. The third-order valence-corrected chi connectivity index (χ3v) is 3.06. The minimum atomic E-state index is 0.0971. The highest BCUT2D eigenvalue weighted by Gasteiger charge is 2.37. The Morgan fingerprint density at radius 3 is 2.85 bits per heavy atom. The normalized spacial score (nSPS) is 30.3. The summed E-state index contributed by atoms with van der Waals surface area (Å²) in [6.45, 7) is 0. The summed E-state index contributed by atoms with van der Waals surface area (Å²) >= 11 is 0. The summed E-state index contributed by atoms with van der Waals surface area (Å²) in [4.78, 5) is 11.8. The van der Waals surface area contributed by atoms with Crippen molar-refractivity contribution in [1.82, 2.24) is 5.32 Å². The average Bonchev–Trinajstić information content (AvgIpc) is 2.61. The minimum Gasteiger partial charge on any atom is -0.300 e. The second-order valence-corrected chi connectivity index (χ2v) is 3.80. The van der Waals surface area contributed by atoms with Gasteiger partial charge < -0.3 is 5.32 Å². The molecule has 2 atom stereocenters. The van der Waals surface area contributed by atoms with Crippen molar-refractivity contribution in [3.05, 3.63) is 35.4 Å². The van der Waals surface area contributed by atoms with Crippen molar-refractivity contribution < 1.29 is 4.79 Å². The molecule has 2 bridgehead atoms. The van der Waals surface area contributed by atoms with Crippen molar-refractivity contribution in [2.75, 3.05) is 0 Å². The molecule has 0 amide bonds. The number of benzene rings is 1. The van der Waals surface area contributed by atoms with Gasteiger partial charge in [0.2, 0.25) is 0 Å². The first-order chi connectivity index (χ1) is 6.36. The van der Waals surface area contributed by atoms with Crippen molar-refractivity contribution in [2.45, 2.75) is 24.9 Å². The third kappa shape index (κ3) is 0.893. The molecule has 1 saturated heterocycles. The van der Waals surface area contributed by atoms with Crippen LogP contribution in [0.3, 0.4) is 0 Å². The highest BCUT2D eigenvalue weighted by atomic mass is 16.1. The zero-order chi connectivity index (χ0) is 8.84. The average molecular weight is 173 g/mol. The molecule has 2 aliphatic heterocycles. The van der Waals surface area contributed by atoms with Gasteiger partial charge in [-0.15, -0.1) is 0 Å². The molecule has 66 valence electrons. The summed E-state index contributed by atoms with van der Waals surface area (Å²) in [6, 6.07) is 8.49. The van der Waals surface area contributed by atoms with Gasteiger partial charge in [-0.25, -0.2) is 0 Å². The van der Waals surface area contributed by atoms with Gasteiger partial charge in [-0.2, -0.15) is 0 Å². The van der Waals surface area contributed by atoms with E-state index in [1.807, 2.05) is 18.2 Å². The number of carbonyl (C=O) groups is 1. The molecule has 0 unspecified atom stereocenters. The molecule has 0 saturated carbocycles. The lowest BCUT2D eigenvalue weighted by Gasteiger charge is -2.22. The van der Waals surface area contributed by atoms with Gasteiger partial charge in [0.05, 0.1) is 6.04 Å². The molecule has 0 spiro atoms. The van der Waals surface area contributed by atoms with Crippen molar-refractivity contribution in [1.29, 1.82) is 0 Å². The van der Waals surface area contributed by atoms with Crippen molar-refractivity contribution >= 4 is 5.78 Å². The van der Waals surface area contributed by atoms with E-state index in [0.29, 0.717) is 6.04 Å². The highest BCUT2D eigenvalue weighted by molar-refractivity contribution is 6.03. The standard InChI is InChI=1S/C11H11NO/c13-11-8-4-2-1-3-7(8)9-5-6-10(11)12-9/h1-4,9-10,12H,5-6H2/t9-,10+/m1/s1. The second-order valence-electron chi connectivity index (χ2n) is 3.80. The number of carbonyl (C=O) groups excluding carboxylic acids is 1. The quantitative estimate of drug-likeness (QED) is 0.646. The lowest BCUT2D eigenvalue weighted by molar-refractivity contribution is 0.0941. The molecule has 0 aliphatic carbocycles. The Morgan fingerprint density at radius 1 is 1.15 bits per heavy atom. The van der Waals surface area contributed by atoms with Crippen LogP contribution in [0.2, 0.25) is 0 Å². The number of fused-ring (bicyclic) bond motifs is 4. The molecular weight excluding hydrogens is 162 g/mol. The van der Waals surface area contributed by atoms with Crippen molar-refractivity contribution in [3.63, 3.8) is 0 Å². The summed E-state index contributed by atoms with van der Waals surface area (Å²) in [6.07, 6.45) is 2.10. The topological polar surface area (TPSA) is 29.1 Å². The Bertz CT molecular complexity index is 372. The minimum absolute atomic E-state index is 0.0971. The van der Waals surface area contributed by atoms with Crippen LogP contribution in [0.4, 0.5) is 0 Å². The molecule has 0 radical (unpaired) electrons. The Hall–Kier alpha value is -1.15. The van der Waals surface area contributed by atoms with Crippen LogP contribution >= 0.6 is 0 Å². The molecule has 2 heterocycles. The van der Waals surface area contributed by atoms with Gasteiger partial charge in [-0.05, 0) is 18.4 Å². The summed E-state index contributed by atoms with van der Waals surface area (Å²) in [5.74, 6) is 0.282. The molecular formula is C11H11NO. The maximum Gasteiger partial charge on any atom is 0.180 e. The molecule has 2 aliphatic rings. The second kappa shape index (κ2) is 2.42. The predicted octanol–water partition coefficient (Wildman–Crippen LogP) is 1.68. The van der Waals surface area contributed by atoms with E-state index in [1.165, 1.54) is 5.56 Å². The van der Waals surface area contributed by atoms with Gasteiger partial charge in [0.1, 0.15) is 0 Å². The van der Waals surface area contributed by atoms with Crippen LogP contribution < -0.4 is 5.32 Å². The zero-order valence-corrected chi connectivity index (χ0v) is 7.29. The number of nitrogens with one attached hydrogen (secondary N) is 1. The Labute approximate surface area is 77.0 Å². The van der Waals surface area contributed by atoms with E-state index in [-0.39, 0.29) is 11.8 Å². The maximum atomic E-state index is 11.8. The van der Waals surface area contributed by atoms with Gasteiger partial charge in [0.15, 0.2) is 5.78 Å². The SMILES string of the molecule is O=C1c2ccccc2[C@H]2CC[C@@H]1N2. The maximum absolute atomic E-state index is 11.8. The van der Waals surface area contributed by atoms with E-state index in [1.54, 1.807) is 0 Å². The van der Waals surface area contributed by atoms with E-state index in [0.717, 1.165) is 18.4 Å². The largest absolute Gasteiger partial charge is 0.300 e. The van der Waals surface area contributed by atoms with Crippen LogP contribution in [-0.2, 0) is 0 Å². The molecule has 13 heavy (non-hydrogen) atoms. The van der Waals surface area contributed by atoms with Crippen molar-refractivity contribution in [2.24, 2.45) is 0 Å². The molecule has 1 aromatic rings. The van der Waals surface area contributed by atoms with Gasteiger partial charge in [-0.1, -0.05) is 24.3 Å². The van der Waals surface area contributed by atoms with Crippen LogP contribution in [0.15, 0.2) is 24.3 Å². The van der Waals surface area contributed by atoms with Gasteiger partial charge in [0.25, 0.3) is 0 Å². The number of ketones is 1. The van der Waals surface area contributed by atoms with E-state index in [9.17, 15) is 4.79 Å². The van der Waals surface area contributed by atoms with Crippen LogP contribution in [0.25, 0.3) is 0 Å². The number of hydrogen-bond donors (Lipinski definition) is 1. The molecule has 1 fully saturated rings. The fourth-order valence-electron chi connectivity index (χ4n) is 2.41. The first kappa shape index (κ1) is 7.27. The molecule has 1 N–H and O–H groups in total. The zero-order valence-electron chi connectivity index (χ0n) is 7.29. The fourth-order valence-corrected chi connectivity index (χ4v) is 2.41. The first-order valence-electron chi connectivity index (χ1n) is 4.75. The summed E-state index contributed by atoms with van der Waals surface area (Å²) in [5, 5.41) is 3.35. The van der Waals surface area contributed by atoms with Crippen molar-refractivity contribution in [3.8, 4) is 0 Å².